The molecule has 0 saturated carbocycles. The second-order valence-corrected chi connectivity index (χ2v) is 10.2. The topological polar surface area (TPSA) is 136 Å². The average Bonchev–Trinajstić information content (AvgIpc) is 3.03. The lowest BCUT2D eigenvalue weighted by atomic mass is 9.97. The fourth-order valence-electron chi connectivity index (χ4n) is 3.40. The lowest BCUT2D eigenvalue weighted by molar-refractivity contribution is -0.149. The molecule has 10 nitrogen and oxygen atoms in total. The molecule has 1 aromatic carbocycles. The Morgan fingerprint density at radius 3 is 2.47 bits per heavy atom. The summed E-state index contributed by atoms with van der Waals surface area (Å²) < 4.78 is 36.0. The molecular formula is C23H31N2O8P. The highest BCUT2D eigenvalue weighted by atomic mass is 31.2. The normalized spacial score (nSPS) is 27.2. The largest absolute Gasteiger partial charge is 0.462 e. The maximum atomic E-state index is 13.6. The summed E-state index contributed by atoms with van der Waals surface area (Å²) in [6.07, 6.45) is -2.38. The second-order valence-electron chi connectivity index (χ2n) is 8.55. The minimum Gasteiger partial charge on any atom is -0.462 e. The first-order valence-electron chi connectivity index (χ1n) is 11.0. The number of aromatic nitrogens is 1. The summed E-state index contributed by atoms with van der Waals surface area (Å²) in [5.74, 6) is -0.392. The molecule has 3 rings (SSSR count). The van der Waals surface area contributed by atoms with Crippen LogP contribution in [0.3, 0.4) is 0 Å². The molecule has 186 valence electrons. The molecular weight excluding hydrogens is 463 g/mol. The minimum absolute atomic E-state index is 0.243. The molecule has 0 unspecified atom stereocenters. The maximum Gasteiger partial charge on any atom is 0.459 e. The molecule has 1 saturated heterocycles. The van der Waals surface area contributed by atoms with Gasteiger partial charge in [0.15, 0.2) is 0 Å². The van der Waals surface area contributed by atoms with Crippen LogP contribution in [0.4, 0.5) is 0 Å². The minimum atomic E-state index is -4.17. The Kier molecular flexibility index (Phi) is 8.46. The van der Waals surface area contributed by atoms with Gasteiger partial charge in [0.05, 0.1) is 18.4 Å². The first-order valence-corrected chi connectivity index (χ1v) is 12.5. The van der Waals surface area contributed by atoms with Crippen LogP contribution in [0, 0.1) is 0 Å². The molecule has 0 amide bonds. The molecule has 1 fully saturated rings. The van der Waals surface area contributed by atoms with Gasteiger partial charge >= 0.3 is 13.7 Å². The number of hydrogen-bond donors (Lipinski definition) is 3. The number of carbonyl (C=O) groups excluding carboxylic acids is 1. The van der Waals surface area contributed by atoms with Crippen molar-refractivity contribution >= 4 is 13.7 Å². The van der Waals surface area contributed by atoms with Crippen molar-refractivity contribution in [3.8, 4) is 5.75 Å². The third kappa shape index (κ3) is 6.41. The Morgan fingerprint density at radius 2 is 1.85 bits per heavy atom. The number of rotatable bonds is 10. The van der Waals surface area contributed by atoms with E-state index in [1.807, 2.05) is 0 Å². The summed E-state index contributed by atoms with van der Waals surface area (Å²) in [5, 5.41) is 23.8. The van der Waals surface area contributed by atoms with Crippen molar-refractivity contribution in [3.63, 3.8) is 0 Å². The van der Waals surface area contributed by atoms with Crippen molar-refractivity contribution < 1.29 is 38.1 Å². The van der Waals surface area contributed by atoms with Gasteiger partial charge in [-0.2, -0.15) is 5.09 Å². The number of pyridine rings is 1. The maximum absolute atomic E-state index is 13.6. The summed E-state index contributed by atoms with van der Waals surface area (Å²) in [6.45, 7) is 5.97. The van der Waals surface area contributed by atoms with E-state index in [0.717, 1.165) is 0 Å². The van der Waals surface area contributed by atoms with Gasteiger partial charge in [-0.05, 0) is 52.0 Å². The predicted molar refractivity (Wildman–Crippen MR) is 123 cm³/mol. The molecule has 11 heteroatoms. The van der Waals surface area contributed by atoms with E-state index >= 15 is 0 Å². The Labute approximate surface area is 198 Å². The molecule has 0 bridgehead atoms. The van der Waals surface area contributed by atoms with Crippen LogP contribution in [0.25, 0.3) is 0 Å². The number of para-hydroxylation sites is 1. The summed E-state index contributed by atoms with van der Waals surface area (Å²) in [7, 11) is -4.17. The zero-order chi connectivity index (χ0) is 24.9. The zero-order valence-electron chi connectivity index (χ0n) is 19.5. The lowest BCUT2D eigenvalue weighted by Gasteiger charge is -2.30. The monoisotopic (exact) mass is 494 g/mol. The first-order chi connectivity index (χ1) is 16.0. The van der Waals surface area contributed by atoms with Gasteiger partial charge in [-0.1, -0.05) is 24.3 Å². The lowest BCUT2D eigenvalue weighted by Crippen LogP contribution is -2.45. The quantitative estimate of drug-likeness (QED) is 0.334. The molecule has 1 aliphatic heterocycles. The first kappa shape index (κ1) is 26.3. The third-order valence-electron chi connectivity index (χ3n) is 5.18. The zero-order valence-corrected chi connectivity index (χ0v) is 20.4. The van der Waals surface area contributed by atoms with Crippen molar-refractivity contribution in [1.29, 1.82) is 0 Å². The Balaban J connectivity index is 1.77. The van der Waals surface area contributed by atoms with Gasteiger partial charge in [0.25, 0.3) is 0 Å². The number of hydrogen-bond acceptors (Lipinski definition) is 9. The summed E-state index contributed by atoms with van der Waals surface area (Å²) in [6, 6.07) is 12.4. The third-order valence-corrected chi connectivity index (χ3v) is 6.81. The van der Waals surface area contributed by atoms with E-state index < -0.39 is 50.3 Å². The number of nitrogens with zero attached hydrogens (tertiary/aromatic N) is 1. The number of aliphatic hydroxyl groups excluding tert-OH is 2. The van der Waals surface area contributed by atoms with Gasteiger partial charge in [0, 0.05) is 6.20 Å². The van der Waals surface area contributed by atoms with E-state index in [1.165, 1.54) is 13.8 Å². The molecule has 3 N–H and O–H groups in total. The summed E-state index contributed by atoms with van der Waals surface area (Å²) in [4.78, 5) is 16.5. The van der Waals surface area contributed by atoms with Crippen LogP contribution in [0.2, 0.25) is 0 Å². The predicted octanol–water partition coefficient (Wildman–Crippen LogP) is 2.77. The molecule has 6 atom stereocenters. The Morgan fingerprint density at radius 1 is 1.18 bits per heavy atom. The van der Waals surface area contributed by atoms with Gasteiger partial charge in [0.1, 0.15) is 35.7 Å². The van der Waals surface area contributed by atoms with Crippen LogP contribution >= 0.6 is 7.75 Å². The standard InChI is InChI=1S/C23H31N2O8P/c1-15(2)31-22(28)16(3)25-34(29,33-17-10-6-5-7-11-17)30-14-23(4)21(27)19(26)20(32-23)18-12-8-9-13-24-18/h5-13,15-16,19-21,26-27H,14H2,1-4H3,(H,25,29)/t16-,19-,20-,21-,23+,34-/m0/s1. The SMILES string of the molecule is CC(C)OC(=O)[C@H](C)N[P@](=O)(OC[C@@]1(C)O[C@@H](c2ccccn2)[C@H](O)[C@@H]1O)Oc1ccccc1. The van der Waals surface area contributed by atoms with E-state index in [1.54, 1.807) is 68.6 Å². The van der Waals surface area contributed by atoms with Crippen molar-refractivity contribution in [2.45, 2.75) is 63.8 Å². The number of esters is 1. The van der Waals surface area contributed by atoms with Crippen LogP contribution in [0.1, 0.15) is 39.5 Å². The van der Waals surface area contributed by atoms with Crippen molar-refractivity contribution in [3.05, 3.63) is 60.4 Å². The fourth-order valence-corrected chi connectivity index (χ4v) is 4.99. The van der Waals surface area contributed by atoms with Crippen LogP contribution in [0.5, 0.6) is 5.75 Å². The van der Waals surface area contributed by atoms with E-state index in [-0.39, 0.29) is 11.9 Å². The summed E-state index contributed by atoms with van der Waals surface area (Å²) in [5.41, 5.74) is -1.01. The number of ether oxygens (including phenoxy) is 2. The van der Waals surface area contributed by atoms with E-state index in [9.17, 15) is 19.6 Å². The van der Waals surface area contributed by atoms with Gasteiger partial charge in [-0.25, -0.2) is 4.57 Å². The van der Waals surface area contributed by atoms with Gasteiger partial charge < -0.3 is 24.2 Å². The highest BCUT2D eigenvalue weighted by Gasteiger charge is 2.53. The molecule has 0 radical (unpaired) electrons. The summed E-state index contributed by atoms with van der Waals surface area (Å²) >= 11 is 0. The van der Waals surface area contributed by atoms with Crippen LogP contribution in [-0.2, 0) is 23.4 Å². The number of nitrogens with one attached hydrogen (secondary N) is 1. The average molecular weight is 494 g/mol. The molecule has 1 aliphatic rings. The highest BCUT2D eigenvalue weighted by Crippen LogP contribution is 2.48. The number of benzene rings is 1. The van der Waals surface area contributed by atoms with Crippen molar-refractivity contribution in [2.75, 3.05) is 6.61 Å². The van der Waals surface area contributed by atoms with Gasteiger partial charge in [0.2, 0.25) is 0 Å². The molecule has 2 aromatic rings. The molecule has 1 aromatic heterocycles. The van der Waals surface area contributed by atoms with E-state index in [0.29, 0.717) is 5.69 Å². The van der Waals surface area contributed by atoms with Gasteiger partial charge in [-0.3, -0.25) is 14.3 Å². The molecule has 0 spiro atoms. The van der Waals surface area contributed by atoms with Crippen molar-refractivity contribution in [2.24, 2.45) is 0 Å². The van der Waals surface area contributed by atoms with Crippen molar-refractivity contribution in [1.82, 2.24) is 10.1 Å². The Bertz CT molecular complexity index is 993. The van der Waals surface area contributed by atoms with E-state index in [4.69, 9.17) is 18.5 Å². The smallest absolute Gasteiger partial charge is 0.459 e. The highest BCUT2D eigenvalue weighted by molar-refractivity contribution is 7.52. The van der Waals surface area contributed by atoms with Crippen LogP contribution < -0.4 is 9.61 Å². The second kappa shape index (κ2) is 10.9. The fraction of sp³-hybridized carbons (Fsp3) is 0.478. The van der Waals surface area contributed by atoms with Gasteiger partial charge in [-0.15, -0.1) is 0 Å². The van der Waals surface area contributed by atoms with Crippen LogP contribution in [-0.4, -0.2) is 57.7 Å². The number of carbonyl (C=O) groups is 1. The van der Waals surface area contributed by atoms with E-state index in [2.05, 4.69) is 10.1 Å². The number of aliphatic hydroxyl groups is 2. The molecule has 2 heterocycles. The Hall–Kier alpha value is -2.33. The molecule has 0 aliphatic carbocycles. The van der Waals surface area contributed by atoms with Crippen LogP contribution in [0.15, 0.2) is 54.7 Å². The molecule has 34 heavy (non-hydrogen) atoms.